The van der Waals surface area contributed by atoms with Crippen molar-refractivity contribution in [1.82, 2.24) is 0 Å². The van der Waals surface area contributed by atoms with Gasteiger partial charge in [-0.05, 0) is 49.6 Å². The molecule has 2 aromatic rings. The summed E-state index contributed by atoms with van der Waals surface area (Å²) in [6.07, 6.45) is 0.790. The van der Waals surface area contributed by atoms with Crippen LogP contribution in [0.5, 0.6) is 11.5 Å². The largest absolute Gasteiger partial charge is 0.490 e. The van der Waals surface area contributed by atoms with E-state index in [1.807, 2.05) is 19.1 Å². The van der Waals surface area contributed by atoms with Gasteiger partial charge in [0.25, 0.3) is 0 Å². The molecule has 2 rings (SSSR count). The Balaban J connectivity index is 2.21. The molecule has 0 heterocycles. The summed E-state index contributed by atoms with van der Waals surface area (Å²) in [5, 5.41) is 0. The van der Waals surface area contributed by atoms with Crippen LogP contribution in [-0.4, -0.2) is 12.9 Å². The van der Waals surface area contributed by atoms with Gasteiger partial charge in [0.15, 0.2) is 17.8 Å². The van der Waals surface area contributed by atoms with Gasteiger partial charge in [-0.1, -0.05) is 24.3 Å². The Labute approximate surface area is 125 Å². The van der Waals surface area contributed by atoms with Crippen molar-refractivity contribution in [3.05, 3.63) is 58.7 Å². The van der Waals surface area contributed by atoms with Crippen molar-refractivity contribution in [1.29, 1.82) is 0 Å². The zero-order chi connectivity index (χ0) is 15.2. The van der Waals surface area contributed by atoms with Crippen LogP contribution in [0.3, 0.4) is 0 Å². The van der Waals surface area contributed by atoms with Crippen molar-refractivity contribution in [2.24, 2.45) is 0 Å². The van der Waals surface area contributed by atoms with Crippen LogP contribution in [0.15, 0.2) is 36.4 Å². The van der Waals surface area contributed by atoms with Gasteiger partial charge in [0.05, 0.1) is 12.2 Å². The number of carbonyl (C=O) groups is 1. The normalized spacial score (nSPS) is 10.2. The Bertz CT molecular complexity index is 632. The van der Waals surface area contributed by atoms with Crippen molar-refractivity contribution >= 4 is 6.29 Å². The van der Waals surface area contributed by atoms with Gasteiger partial charge >= 0.3 is 0 Å². The van der Waals surface area contributed by atoms with Crippen LogP contribution in [0.25, 0.3) is 0 Å². The molecule has 0 amide bonds. The third-order valence-corrected chi connectivity index (χ3v) is 3.39. The molecule has 0 unspecified atom stereocenters. The number of ether oxygens (including phenoxy) is 2. The number of carbonyl (C=O) groups excluding carboxylic acids is 1. The van der Waals surface area contributed by atoms with Crippen LogP contribution in [0, 0.1) is 13.8 Å². The predicted molar refractivity (Wildman–Crippen MR) is 83.2 cm³/mol. The number of aldehydes is 1. The molecule has 3 nitrogen and oxygen atoms in total. The maximum Gasteiger partial charge on any atom is 0.172 e. The lowest BCUT2D eigenvalue weighted by Gasteiger charge is -2.14. The van der Waals surface area contributed by atoms with E-state index in [9.17, 15) is 4.79 Å². The van der Waals surface area contributed by atoms with E-state index in [4.69, 9.17) is 9.47 Å². The third-order valence-electron chi connectivity index (χ3n) is 3.39. The second-order valence-corrected chi connectivity index (χ2v) is 4.93. The Morgan fingerprint density at radius 2 is 1.86 bits per heavy atom. The highest BCUT2D eigenvalue weighted by molar-refractivity contribution is 5.81. The minimum Gasteiger partial charge on any atom is -0.490 e. The molecule has 0 aliphatic heterocycles. The first-order valence-electron chi connectivity index (χ1n) is 7.05. The first-order chi connectivity index (χ1) is 10.2. The predicted octanol–water partition coefficient (Wildman–Crippen LogP) is 4.09. The number of aryl methyl sites for hydroxylation is 2. The molecule has 110 valence electrons. The van der Waals surface area contributed by atoms with Gasteiger partial charge in [-0.25, -0.2) is 0 Å². The third kappa shape index (κ3) is 3.63. The number of benzene rings is 2. The summed E-state index contributed by atoms with van der Waals surface area (Å²) in [5.74, 6) is 1.11. The summed E-state index contributed by atoms with van der Waals surface area (Å²) in [6.45, 7) is 6.99. The molecule has 0 saturated carbocycles. The van der Waals surface area contributed by atoms with Gasteiger partial charge in [0, 0.05) is 0 Å². The highest BCUT2D eigenvalue weighted by Gasteiger charge is 2.11. The van der Waals surface area contributed by atoms with E-state index < -0.39 is 0 Å². The van der Waals surface area contributed by atoms with E-state index in [1.54, 1.807) is 12.1 Å². The Kier molecular flexibility index (Phi) is 4.99. The van der Waals surface area contributed by atoms with Crippen LogP contribution in [0.2, 0.25) is 0 Å². The molecular weight excluding hydrogens is 264 g/mol. The van der Waals surface area contributed by atoms with Gasteiger partial charge in [-0.15, -0.1) is 0 Å². The van der Waals surface area contributed by atoms with Crippen molar-refractivity contribution in [3.63, 3.8) is 0 Å². The fourth-order valence-electron chi connectivity index (χ4n) is 2.10. The highest BCUT2D eigenvalue weighted by Crippen LogP contribution is 2.31. The standard InChI is InChI=1S/C18H20O3/c1-4-20-17-7-5-6-16(11-19)18(17)21-12-15-9-8-13(2)14(3)10-15/h5-11H,4,12H2,1-3H3. The van der Waals surface area contributed by atoms with Crippen molar-refractivity contribution in [3.8, 4) is 11.5 Å². The molecular formula is C18H20O3. The second-order valence-electron chi connectivity index (χ2n) is 4.93. The summed E-state index contributed by atoms with van der Waals surface area (Å²) < 4.78 is 11.4. The summed E-state index contributed by atoms with van der Waals surface area (Å²) in [4.78, 5) is 11.2. The average molecular weight is 284 g/mol. The molecule has 0 radical (unpaired) electrons. The average Bonchev–Trinajstić information content (AvgIpc) is 2.49. The molecule has 0 aromatic heterocycles. The van der Waals surface area contributed by atoms with Crippen molar-refractivity contribution < 1.29 is 14.3 Å². The molecule has 0 fully saturated rings. The van der Waals surface area contributed by atoms with Gasteiger partial charge < -0.3 is 9.47 Å². The molecule has 0 aliphatic carbocycles. The first-order valence-corrected chi connectivity index (χ1v) is 7.05. The molecule has 0 N–H and O–H groups in total. The smallest absolute Gasteiger partial charge is 0.172 e. The SMILES string of the molecule is CCOc1cccc(C=O)c1OCc1ccc(C)c(C)c1. The molecule has 21 heavy (non-hydrogen) atoms. The van der Waals surface area contributed by atoms with Crippen LogP contribution < -0.4 is 9.47 Å². The number of hydrogen-bond donors (Lipinski definition) is 0. The number of hydrogen-bond acceptors (Lipinski definition) is 3. The van der Waals surface area contributed by atoms with E-state index >= 15 is 0 Å². The lowest BCUT2D eigenvalue weighted by molar-refractivity contribution is 0.111. The molecule has 2 aromatic carbocycles. The maximum atomic E-state index is 11.2. The fourth-order valence-corrected chi connectivity index (χ4v) is 2.10. The summed E-state index contributed by atoms with van der Waals surface area (Å²) in [6, 6.07) is 11.5. The summed E-state index contributed by atoms with van der Waals surface area (Å²) >= 11 is 0. The molecule has 0 bridgehead atoms. The summed E-state index contributed by atoms with van der Waals surface area (Å²) in [7, 11) is 0. The number of para-hydroxylation sites is 1. The van der Waals surface area contributed by atoms with Crippen LogP contribution >= 0.6 is 0 Å². The number of rotatable bonds is 6. The highest BCUT2D eigenvalue weighted by atomic mass is 16.5. The van der Waals surface area contributed by atoms with Gasteiger partial charge in [-0.2, -0.15) is 0 Å². The Morgan fingerprint density at radius 3 is 2.52 bits per heavy atom. The van der Waals surface area contributed by atoms with Crippen LogP contribution in [-0.2, 0) is 6.61 Å². The summed E-state index contributed by atoms with van der Waals surface area (Å²) in [5.41, 5.74) is 4.05. The second kappa shape index (κ2) is 6.93. The fraction of sp³-hybridized carbons (Fsp3) is 0.278. The zero-order valence-electron chi connectivity index (χ0n) is 12.7. The molecule has 0 saturated heterocycles. The molecule has 0 aliphatic rings. The van der Waals surface area contributed by atoms with E-state index in [-0.39, 0.29) is 0 Å². The van der Waals surface area contributed by atoms with Crippen LogP contribution in [0.4, 0.5) is 0 Å². The van der Waals surface area contributed by atoms with Gasteiger partial charge in [0.2, 0.25) is 0 Å². The molecule has 0 atom stereocenters. The lowest BCUT2D eigenvalue weighted by Crippen LogP contribution is -2.02. The quantitative estimate of drug-likeness (QED) is 0.749. The van der Waals surface area contributed by atoms with E-state index in [0.717, 1.165) is 11.8 Å². The first kappa shape index (κ1) is 15.1. The minimum absolute atomic E-state index is 0.409. The van der Waals surface area contributed by atoms with E-state index in [1.165, 1.54) is 11.1 Å². The van der Waals surface area contributed by atoms with Crippen LogP contribution in [0.1, 0.15) is 34.0 Å². The Hall–Kier alpha value is -2.29. The van der Waals surface area contributed by atoms with E-state index in [2.05, 4.69) is 26.0 Å². The Morgan fingerprint density at radius 1 is 1.05 bits per heavy atom. The van der Waals surface area contributed by atoms with Crippen molar-refractivity contribution in [2.75, 3.05) is 6.61 Å². The molecule has 0 spiro atoms. The van der Waals surface area contributed by atoms with Gasteiger partial charge in [-0.3, -0.25) is 4.79 Å². The lowest BCUT2D eigenvalue weighted by atomic mass is 10.1. The van der Waals surface area contributed by atoms with Crippen molar-refractivity contribution in [2.45, 2.75) is 27.4 Å². The monoisotopic (exact) mass is 284 g/mol. The maximum absolute atomic E-state index is 11.2. The topological polar surface area (TPSA) is 35.5 Å². The zero-order valence-corrected chi connectivity index (χ0v) is 12.7. The molecule has 3 heteroatoms. The van der Waals surface area contributed by atoms with E-state index in [0.29, 0.717) is 30.3 Å². The van der Waals surface area contributed by atoms with Gasteiger partial charge in [0.1, 0.15) is 6.61 Å². The minimum atomic E-state index is 0.409.